The van der Waals surface area contributed by atoms with Crippen LogP contribution in [0.3, 0.4) is 0 Å². The van der Waals surface area contributed by atoms with E-state index in [0.29, 0.717) is 23.5 Å². The Kier molecular flexibility index (Phi) is 4.83. The van der Waals surface area contributed by atoms with Crippen molar-refractivity contribution in [3.8, 4) is 11.3 Å². The van der Waals surface area contributed by atoms with E-state index < -0.39 is 17.3 Å². The van der Waals surface area contributed by atoms with Gasteiger partial charge in [-0.05, 0) is 25.0 Å². The molecule has 3 rings (SSSR count). The lowest BCUT2D eigenvalue weighted by atomic mass is 9.94. The van der Waals surface area contributed by atoms with Crippen LogP contribution in [0, 0.1) is 5.82 Å². The van der Waals surface area contributed by atoms with Crippen LogP contribution in [0.4, 0.5) is 10.2 Å². The van der Waals surface area contributed by atoms with Gasteiger partial charge in [0.15, 0.2) is 0 Å². The summed E-state index contributed by atoms with van der Waals surface area (Å²) in [5.41, 5.74) is 6.83. The Bertz CT molecular complexity index is 872. The van der Waals surface area contributed by atoms with E-state index in [-0.39, 0.29) is 17.6 Å². The van der Waals surface area contributed by atoms with Crippen LogP contribution in [0.15, 0.2) is 24.4 Å². The molecule has 136 valence electrons. The number of piperidine rings is 1. The Hall–Kier alpha value is -3.03. The van der Waals surface area contributed by atoms with Crippen LogP contribution in [-0.4, -0.2) is 44.9 Å². The molecule has 7 nitrogen and oxygen atoms in total. The number of benzene rings is 1. The lowest BCUT2D eigenvalue weighted by Gasteiger charge is -2.31. The molecule has 1 aromatic carbocycles. The van der Waals surface area contributed by atoms with Crippen molar-refractivity contribution in [2.24, 2.45) is 0 Å². The highest BCUT2D eigenvalue weighted by molar-refractivity contribution is 5.89. The molecule has 1 aliphatic rings. The van der Waals surface area contributed by atoms with Crippen LogP contribution in [0.5, 0.6) is 0 Å². The van der Waals surface area contributed by atoms with E-state index in [1.807, 2.05) is 0 Å². The summed E-state index contributed by atoms with van der Waals surface area (Å²) in [6.45, 7) is 2.82. The minimum Gasteiger partial charge on any atom is -0.478 e. The third-order valence-electron chi connectivity index (χ3n) is 4.58. The number of hydrogen-bond acceptors (Lipinski definition) is 5. The number of aromatic nitrogens is 2. The maximum absolute atomic E-state index is 14.0. The lowest BCUT2D eigenvalue weighted by molar-refractivity contribution is -0.130. The number of halogens is 1. The topological polar surface area (TPSA) is 109 Å². The fraction of sp³-hybridized carbons (Fsp3) is 0.333. The number of rotatable bonds is 3. The second-order valence-electron chi connectivity index (χ2n) is 6.33. The molecule has 1 atom stereocenters. The van der Waals surface area contributed by atoms with Gasteiger partial charge in [0.25, 0.3) is 0 Å². The fourth-order valence-electron chi connectivity index (χ4n) is 3.16. The summed E-state index contributed by atoms with van der Waals surface area (Å²) in [6, 6.07) is 3.73. The highest BCUT2D eigenvalue weighted by atomic mass is 19.1. The number of carboxylic acids is 1. The van der Waals surface area contributed by atoms with Gasteiger partial charge in [-0.2, -0.15) is 0 Å². The summed E-state index contributed by atoms with van der Waals surface area (Å²) in [5.74, 6) is -2.02. The maximum Gasteiger partial charge on any atom is 0.338 e. The van der Waals surface area contributed by atoms with E-state index in [9.17, 15) is 14.0 Å². The van der Waals surface area contributed by atoms with E-state index in [4.69, 9.17) is 10.8 Å². The zero-order valence-corrected chi connectivity index (χ0v) is 14.3. The molecule has 1 amide bonds. The van der Waals surface area contributed by atoms with Crippen molar-refractivity contribution in [1.82, 2.24) is 14.9 Å². The molecule has 1 fully saturated rings. The van der Waals surface area contributed by atoms with Crippen LogP contribution < -0.4 is 5.73 Å². The SMILES string of the molecule is CC(=O)N1CCCC(c2cnc(N)c(-c3ccc(C(=O)O)c(F)c3)n2)C1. The third-order valence-corrected chi connectivity index (χ3v) is 4.58. The maximum atomic E-state index is 14.0. The zero-order valence-electron chi connectivity index (χ0n) is 14.3. The minimum atomic E-state index is -1.34. The molecule has 0 bridgehead atoms. The monoisotopic (exact) mass is 358 g/mol. The summed E-state index contributed by atoms with van der Waals surface area (Å²) < 4.78 is 14.0. The van der Waals surface area contributed by atoms with Crippen LogP contribution in [0.25, 0.3) is 11.3 Å². The number of nitrogens with zero attached hydrogens (tertiary/aromatic N) is 3. The Morgan fingerprint density at radius 1 is 1.38 bits per heavy atom. The molecule has 0 aliphatic carbocycles. The number of hydrogen-bond donors (Lipinski definition) is 2. The van der Waals surface area contributed by atoms with Crippen LogP contribution >= 0.6 is 0 Å². The van der Waals surface area contributed by atoms with E-state index >= 15 is 0 Å². The van der Waals surface area contributed by atoms with Gasteiger partial charge < -0.3 is 15.7 Å². The molecule has 1 saturated heterocycles. The van der Waals surface area contributed by atoms with Gasteiger partial charge in [-0.25, -0.2) is 19.2 Å². The van der Waals surface area contributed by atoms with Gasteiger partial charge in [-0.3, -0.25) is 4.79 Å². The fourth-order valence-corrected chi connectivity index (χ4v) is 3.16. The molecule has 3 N–H and O–H groups in total. The first-order chi connectivity index (χ1) is 12.4. The van der Waals surface area contributed by atoms with Crippen LogP contribution in [0.2, 0.25) is 0 Å². The van der Waals surface area contributed by atoms with Crippen molar-refractivity contribution < 1.29 is 19.1 Å². The molecule has 1 aliphatic heterocycles. The van der Waals surface area contributed by atoms with Gasteiger partial charge in [-0.15, -0.1) is 0 Å². The molecule has 2 heterocycles. The summed E-state index contributed by atoms with van der Waals surface area (Å²) in [7, 11) is 0. The van der Waals surface area contributed by atoms with Crippen molar-refractivity contribution in [2.45, 2.75) is 25.7 Å². The quantitative estimate of drug-likeness (QED) is 0.871. The van der Waals surface area contributed by atoms with Gasteiger partial charge in [-0.1, -0.05) is 6.07 Å². The normalized spacial score (nSPS) is 17.2. The Balaban J connectivity index is 1.94. The molecule has 26 heavy (non-hydrogen) atoms. The van der Waals surface area contributed by atoms with Crippen LogP contribution in [-0.2, 0) is 4.79 Å². The predicted molar refractivity (Wildman–Crippen MR) is 93.0 cm³/mol. The number of carbonyl (C=O) groups excluding carboxylic acids is 1. The van der Waals surface area contributed by atoms with Gasteiger partial charge in [0.2, 0.25) is 5.91 Å². The Morgan fingerprint density at radius 2 is 2.15 bits per heavy atom. The first-order valence-electron chi connectivity index (χ1n) is 8.28. The number of carbonyl (C=O) groups is 2. The number of carboxylic acid groups (broad SMARTS) is 1. The summed E-state index contributed by atoms with van der Waals surface area (Å²) in [6.07, 6.45) is 3.32. The molecular formula is C18H19FN4O3. The predicted octanol–water partition coefficient (Wildman–Crippen LogP) is 2.29. The second kappa shape index (κ2) is 7.07. The molecule has 1 unspecified atom stereocenters. The first-order valence-corrected chi connectivity index (χ1v) is 8.28. The lowest BCUT2D eigenvalue weighted by Crippen LogP contribution is -2.37. The number of amides is 1. The largest absolute Gasteiger partial charge is 0.478 e. The van der Waals surface area contributed by atoms with E-state index in [1.165, 1.54) is 19.1 Å². The second-order valence-corrected chi connectivity index (χ2v) is 6.33. The van der Waals surface area contributed by atoms with Crippen molar-refractivity contribution in [1.29, 1.82) is 0 Å². The molecule has 0 saturated carbocycles. The van der Waals surface area contributed by atoms with Gasteiger partial charge in [0.05, 0.1) is 17.5 Å². The molecule has 8 heteroatoms. The van der Waals surface area contributed by atoms with Crippen LogP contribution in [0.1, 0.15) is 41.7 Å². The standard InChI is InChI=1S/C18H19FN4O3/c1-10(24)23-6-2-3-12(9-23)15-8-21-17(20)16(22-15)11-4-5-13(18(25)26)14(19)7-11/h4-5,7-8,12H,2-3,6,9H2,1H3,(H2,20,21)(H,25,26). The minimum absolute atomic E-state index is 0.0182. The average molecular weight is 358 g/mol. The van der Waals surface area contributed by atoms with Crippen molar-refractivity contribution in [3.63, 3.8) is 0 Å². The van der Waals surface area contributed by atoms with E-state index in [0.717, 1.165) is 25.5 Å². The number of likely N-dealkylation sites (tertiary alicyclic amines) is 1. The molecule has 1 aromatic heterocycles. The summed E-state index contributed by atoms with van der Waals surface area (Å²) in [5, 5.41) is 8.94. The van der Waals surface area contributed by atoms with Crippen molar-refractivity contribution >= 4 is 17.7 Å². The Labute approximate surface area is 149 Å². The van der Waals surface area contributed by atoms with E-state index in [1.54, 1.807) is 11.1 Å². The van der Waals surface area contributed by atoms with Crippen molar-refractivity contribution in [2.75, 3.05) is 18.8 Å². The summed E-state index contributed by atoms with van der Waals surface area (Å²) in [4.78, 5) is 33.0. The molecule has 0 radical (unpaired) electrons. The average Bonchev–Trinajstić information content (AvgIpc) is 2.61. The van der Waals surface area contributed by atoms with E-state index in [2.05, 4.69) is 9.97 Å². The Morgan fingerprint density at radius 3 is 2.81 bits per heavy atom. The number of aromatic carboxylic acids is 1. The number of nitrogens with two attached hydrogens (primary N) is 1. The zero-order chi connectivity index (χ0) is 18.8. The van der Waals surface area contributed by atoms with Gasteiger partial charge in [0, 0.05) is 31.5 Å². The third kappa shape index (κ3) is 3.49. The van der Waals surface area contributed by atoms with Gasteiger partial charge >= 0.3 is 5.97 Å². The molecular weight excluding hydrogens is 339 g/mol. The number of anilines is 1. The highest BCUT2D eigenvalue weighted by Crippen LogP contribution is 2.30. The molecule has 0 spiro atoms. The highest BCUT2D eigenvalue weighted by Gasteiger charge is 2.25. The summed E-state index contributed by atoms with van der Waals surface area (Å²) >= 11 is 0. The van der Waals surface area contributed by atoms with Crippen molar-refractivity contribution in [3.05, 3.63) is 41.5 Å². The number of nitrogen functional groups attached to an aromatic ring is 1. The smallest absolute Gasteiger partial charge is 0.338 e. The molecule has 2 aromatic rings. The van der Waals surface area contributed by atoms with Gasteiger partial charge in [0.1, 0.15) is 17.3 Å². The first kappa shape index (κ1) is 17.8.